The summed E-state index contributed by atoms with van der Waals surface area (Å²) in [4.78, 5) is 15.5. The standard InChI is InChI=1S/C21H27N3O5S3/c1-31(26,27)23-32(28,29)20-11-9-17(10-12-20)22-18(15-21(25)24-13-5-6-14-24)16-30-19-7-3-2-4-8-19/h2-4,7-12,18,22-23H,5-6,13-16H2,1H3/t18-/m1/s1. The zero-order valence-corrected chi connectivity index (χ0v) is 20.2. The molecule has 0 spiro atoms. The fourth-order valence-electron chi connectivity index (χ4n) is 3.38. The topological polar surface area (TPSA) is 113 Å². The van der Waals surface area contributed by atoms with E-state index >= 15 is 0 Å². The Morgan fingerprint density at radius 3 is 2.22 bits per heavy atom. The first-order valence-electron chi connectivity index (χ1n) is 10.2. The molecule has 1 fully saturated rings. The molecule has 2 aromatic carbocycles. The van der Waals surface area contributed by atoms with Crippen molar-refractivity contribution in [3.05, 3.63) is 54.6 Å². The van der Waals surface area contributed by atoms with Crippen LogP contribution in [0.4, 0.5) is 5.69 Å². The minimum atomic E-state index is -4.17. The van der Waals surface area contributed by atoms with Gasteiger partial charge in [0.1, 0.15) is 0 Å². The predicted molar refractivity (Wildman–Crippen MR) is 127 cm³/mol. The average molecular weight is 498 g/mol. The van der Waals surface area contributed by atoms with Crippen molar-refractivity contribution in [3.63, 3.8) is 0 Å². The van der Waals surface area contributed by atoms with E-state index in [0.717, 1.165) is 37.1 Å². The van der Waals surface area contributed by atoms with Crippen molar-refractivity contribution in [2.45, 2.75) is 35.1 Å². The molecule has 1 aliphatic heterocycles. The maximum atomic E-state index is 12.7. The van der Waals surface area contributed by atoms with E-state index in [-0.39, 0.29) is 16.8 Å². The molecule has 1 aliphatic rings. The van der Waals surface area contributed by atoms with Gasteiger partial charge in [-0.05, 0) is 49.2 Å². The van der Waals surface area contributed by atoms with Gasteiger partial charge in [0.2, 0.25) is 15.9 Å². The third kappa shape index (κ3) is 7.51. The maximum Gasteiger partial charge on any atom is 0.253 e. The Morgan fingerprint density at radius 1 is 1.00 bits per heavy atom. The van der Waals surface area contributed by atoms with E-state index < -0.39 is 20.0 Å². The number of sulfonamides is 2. The molecule has 1 atom stereocenters. The molecule has 8 nitrogen and oxygen atoms in total. The molecule has 0 unspecified atom stereocenters. The lowest BCUT2D eigenvalue weighted by atomic mass is 10.2. The van der Waals surface area contributed by atoms with Crippen molar-refractivity contribution < 1.29 is 21.6 Å². The first-order chi connectivity index (χ1) is 15.1. The summed E-state index contributed by atoms with van der Waals surface area (Å²) in [6, 6.07) is 15.5. The van der Waals surface area contributed by atoms with Crippen molar-refractivity contribution in [1.82, 2.24) is 9.03 Å². The van der Waals surface area contributed by atoms with E-state index in [1.54, 1.807) is 28.0 Å². The van der Waals surface area contributed by atoms with Gasteiger partial charge in [0.05, 0.1) is 11.2 Å². The van der Waals surface area contributed by atoms with Crippen LogP contribution in [0, 0.1) is 0 Å². The highest BCUT2D eigenvalue weighted by molar-refractivity contribution is 8.04. The average Bonchev–Trinajstić information content (AvgIpc) is 3.26. The Kier molecular flexibility index (Phi) is 8.21. The van der Waals surface area contributed by atoms with Gasteiger partial charge in [-0.1, -0.05) is 18.2 Å². The van der Waals surface area contributed by atoms with Crippen LogP contribution in [0.1, 0.15) is 19.3 Å². The SMILES string of the molecule is CS(=O)(=O)NS(=O)(=O)c1ccc(N[C@@H](CSc2ccccc2)CC(=O)N2CCCC2)cc1. The van der Waals surface area contributed by atoms with Gasteiger partial charge in [-0.3, -0.25) is 4.79 Å². The van der Waals surface area contributed by atoms with Gasteiger partial charge in [0.15, 0.2) is 0 Å². The number of amides is 1. The summed E-state index contributed by atoms with van der Waals surface area (Å²) < 4.78 is 48.6. The van der Waals surface area contributed by atoms with Crippen LogP contribution in [0.25, 0.3) is 0 Å². The number of nitrogens with zero attached hydrogens (tertiary/aromatic N) is 1. The molecule has 1 saturated heterocycles. The number of hydrogen-bond acceptors (Lipinski definition) is 7. The fourth-order valence-corrected chi connectivity index (χ4v) is 6.80. The van der Waals surface area contributed by atoms with Crippen LogP contribution in [0.2, 0.25) is 0 Å². The molecular formula is C21H27N3O5S3. The number of hydrogen-bond donors (Lipinski definition) is 2. The monoisotopic (exact) mass is 497 g/mol. The first-order valence-corrected chi connectivity index (χ1v) is 14.5. The number of nitrogens with one attached hydrogen (secondary N) is 2. The van der Waals surface area contributed by atoms with E-state index in [1.807, 2.05) is 35.2 Å². The Bertz CT molecular complexity index is 1120. The Hall–Kier alpha value is -2.08. The van der Waals surface area contributed by atoms with E-state index in [0.29, 0.717) is 17.9 Å². The number of likely N-dealkylation sites (tertiary alicyclic amines) is 1. The quantitative estimate of drug-likeness (QED) is 0.485. The minimum Gasteiger partial charge on any atom is -0.381 e. The van der Waals surface area contributed by atoms with E-state index in [1.165, 1.54) is 12.1 Å². The summed E-state index contributed by atoms with van der Waals surface area (Å²) in [5.41, 5.74) is 0.649. The minimum absolute atomic E-state index is 0.102. The van der Waals surface area contributed by atoms with Gasteiger partial charge in [0, 0.05) is 41.9 Å². The third-order valence-corrected chi connectivity index (χ3v) is 9.03. The van der Waals surface area contributed by atoms with Gasteiger partial charge in [-0.15, -0.1) is 15.9 Å². The van der Waals surface area contributed by atoms with Crippen LogP contribution >= 0.6 is 11.8 Å². The van der Waals surface area contributed by atoms with Crippen LogP contribution in [-0.2, 0) is 24.8 Å². The highest BCUT2D eigenvalue weighted by atomic mass is 32.3. The fraction of sp³-hybridized carbons (Fsp3) is 0.381. The van der Waals surface area contributed by atoms with Crippen LogP contribution in [-0.4, -0.2) is 58.8 Å². The zero-order valence-electron chi connectivity index (χ0n) is 17.7. The highest BCUT2D eigenvalue weighted by Gasteiger charge is 2.23. The molecule has 1 heterocycles. The number of carbonyl (C=O) groups is 1. The predicted octanol–water partition coefficient (Wildman–Crippen LogP) is 2.51. The van der Waals surface area contributed by atoms with Crippen molar-refractivity contribution >= 4 is 43.4 Å². The molecule has 2 aromatic rings. The largest absolute Gasteiger partial charge is 0.381 e. The molecule has 3 rings (SSSR count). The number of rotatable bonds is 10. The lowest BCUT2D eigenvalue weighted by molar-refractivity contribution is -0.130. The highest BCUT2D eigenvalue weighted by Crippen LogP contribution is 2.23. The normalized spacial score (nSPS) is 15.5. The molecule has 0 aromatic heterocycles. The van der Waals surface area contributed by atoms with Gasteiger partial charge in [-0.2, -0.15) is 0 Å². The van der Waals surface area contributed by atoms with Crippen LogP contribution < -0.4 is 9.44 Å². The van der Waals surface area contributed by atoms with Crippen molar-refractivity contribution in [2.75, 3.05) is 30.4 Å². The summed E-state index contributed by atoms with van der Waals surface area (Å²) >= 11 is 1.64. The molecule has 0 aliphatic carbocycles. The lowest BCUT2D eigenvalue weighted by Gasteiger charge is -2.23. The summed E-state index contributed by atoms with van der Waals surface area (Å²) in [6.07, 6.45) is 3.17. The molecular weight excluding hydrogens is 470 g/mol. The van der Waals surface area contributed by atoms with Crippen LogP contribution in [0.15, 0.2) is 64.4 Å². The molecule has 32 heavy (non-hydrogen) atoms. The van der Waals surface area contributed by atoms with Gasteiger partial charge >= 0.3 is 0 Å². The van der Waals surface area contributed by atoms with Crippen LogP contribution in [0.3, 0.4) is 0 Å². The zero-order chi connectivity index (χ0) is 23.2. The first kappa shape index (κ1) is 24.6. The van der Waals surface area contributed by atoms with E-state index in [4.69, 9.17) is 0 Å². The maximum absolute atomic E-state index is 12.7. The molecule has 0 saturated carbocycles. The molecule has 174 valence electrons. The second-order valence-corrected chi connectivity index (χ2v) is 12.4. The molecule has 1 amide bonds. The van der Waals surface area contributed by atoms with Gasteiger partial charge in [0.25, 0.3) is 10.0 Å². The second kappa shape index (κ2) is 10.7. The molecule has 0 radical (unpaired) electrons. The van der Waals surface area contributed by atoms with Gasteiger partial charge in [-0.25, -0.2) is 16.8 Å². The van der Waals surface area contributed by atoms with E-state index in [2.05, 4.69) is 5.32 Å². The number of thioether (sulfide) groups is 1. The summed E-state index contributed by atoms with van der Waals surface area (Å²) in [5, 5.41) is 3.33. The number of benzene rings is 2. The van der Waals surface area contributed by atoms with Crippen molar-refractivity contribution in [1.29, 1.82) is 0 Å². The Balaban J connectivity index is 1.70. The lowest BCUT2D eigenvalue weighted by Crippen LogP contribution is -2.34. The Morgan fingerprint density at radius 2 is 1.62 bits per heavy atom. The van der Waals surface area contributed by atoms with Crippen LogP contribution in [0.5, 0.6) is 0 Å². The number of carbonyl (C=O) groups excluding carboxylic acids is 1. The smallest absolute Gasteiger partial charge is 0.253 e. The third-order valence-electron chi connectivity index (χ3n) is 4.87. The molecule has 0 bridgehead atoms. The summed E-state index contributed by atoms with van der Waals surface area (Å²) in [5.74, 6) is 0.754. The Labute approximate surface area is 193 Å². The molecule has 2 N–H and O–H groups in total. The molecule has 11 heteroatoms. The second-order valence-electron chi connectivity index (χ2n) is 7.64. The summed E-state index contributed by atoms with van der Waals surface area (Å²) in [7, 11) is -8.08. The number of anilines is 1. The summed E-state index contributed by atoms with van der Waals surface area (Å²) in [6.45, 7) is 1.58. The van der Waals surface area contributed by atoms with Crippen molar-refractivity contribution in [3.8, 4) is 0 Å². The van der Waals surface area contributed by atoms with Gasteiger partial charge < -0.3 is 10.2 Å². The van der Waals surface area contributed by atoms with E-state index in [9.17, 15) is 21.6 Å². The van der Waals surface area contributed by atoms with Crippen molar-refractivity contribution in [2.24, 2.45) is 0 Å².